The fourth-order valence-electron chi connectivity index (χ4n) is 2.75. The number of carbonyl (C=O) groups excluding carboxylic acids is 1. The molecule has 0 saturated carbocycles. The molecule has 1 amide bonds. The highest BCUT2D eigenvalue weighted by atomic mass is 35.5. The second kappa shape index (κ2) is 9.14. The number of unbranched alkanes of at least 4 members (excludes halogenated alkanes) is 1. The fraction of sp³-hybridized carbons (Fsp3) is 0.611. The number of nitrogens with one attached hydrogen (secondary N) is 1. The van der Waals surface area contributed by atoms with Crippen molar-refractivity contribution in [2.75, 3.05) is 33.4 Å². The van der Waals surface area contributed by atoms with E-state index in [4.69, 9.17) is 21.1 Å². The molecular weight excluding hydrogens is 328 g/mol. The first-order chi connectivity index (χ1) is 11.6. The maximum absolute atomic E-state index is 12.8. The van der Waals surface area contributed by atoms with E-state index in [1.807, 2.05) is 14.0 Å². The van der Waals surface area contributed by atoms with Gasteiger partial charge in [-0.2, -0.15) is 0 Å². The van der Waals surface area contributed by atoms with Gasteiger partial charge in [-0.1, -0.05) is 24.9 Å². The Kier molecular flexibility index (Phi) is 7.18. The van der Waals surface area contributed by atoms with Crippen molar-refractivity contribution >= 4 is 17.5 Å². The molecule has 0 aliphatic carbocycles. The van der Waals surface area contributed by atoms with E-state index >= 15 is 0 Å². The minimum Gasteiger partial charge on any atom is -0.490 e. The van der Waals surface area contributed by atoms with Crippen molar-refractivity contribution in [1.82, 2.24) is 10.2 Å². The molecular formula is C18H27ClN2O3. The third-order valence-electron chi connectivity index (χ3n) is 4.20. The van der Waals surface area contributed by atoms with Gasteiger partial charge in [0.15, 0.2) is 11.5 Å². The van der Waals surface area contributed by atoms with E-state index in [9.17, 15) is 4.79 Å². The van der Waals surface area contributed by atoms with Crippen LogP contribution in [0.1, 0.15) is 43.5 Å². The average molecular weight is 355 g/mol. The smallest absolute Gasteiger partial charge is 0.254 e. The summed E-state index contributed by atoms with van der Waals surface area (Å²) in [6.07, 6.45) is 2.95. The van der Waals surface area contributed by atoms with E-state index in [1.165, 1.54) is 0 Å². The molecule has 1 aromatic rings. The summed E-state index contributed by atoms with van der Waals surface area (Å²) in [6.45, 7) is 6.83. The summed E-state index contributed by atoms with van der Waals surface area (Å²) in [4.78, 5) is 14.5. The van der Waals surface area contributed by atoms with Crippen molar-refractivity contribution in [3.63, 3.8) is 0 Å². The standard InChI is InChI=1S/C18H27ClN2O3/c1-4-6-9-24-17-15(19)10-13(11-16(17)23-5-2)18(22)21(3)14-7-8-20-12-14/h10-11,14,20H,4-9,12H2,1-3H3. The van der Waals surface area contributed by atoms with Crippen molar-refractivity contribution in [3.8, 4) is 11.5 Å². The number of nitrogens with zero attached hydrogens (tertiary/aromatic N) is 1. The first-order valence-corrected chi connectivity index (χ1v) is 9.03. The number of halogens is 1. The number of benzene rings is 1. The largest absolute Gasteiger partial charge is 0.490 e. The van der Waals surface area contributed by atoms with Crippen molar-refractivity contribution in [1.29, 1.82) is 0 Å². The quantitative estimate of drug-likeness (QED) is 0.727. The average Bonchev–Trinajstić information content (AvgIpc) is 3.10. The SMILES string of the molecule is CCCCOc1c(Cl)cc(C(=O)N(C)C2CCNC2)cc1OCC. The Balaban J connectivity index is 2.22. The number of rotatable bonds is 8. The fourth-order valence-corrected chi connectivity index (χ4v) is 3.02. The molecule has 0 aromatic heterocycles. The predicted molar refractivity (Wildman–Crippen MR) is 96.4 cm³/mol. The second-order valence-electron chi connectivity index (χ2n) is 5.98. The third kappa shape index (κ3) is 4.54. The van der Waals surface area contributed by atoms with Crippen LogP contribution in [0.25, 0.3) is 0 Å². The van der Waals surface area contributed by atoms with Gasteiger partial charge in [-0.15, -0.1) is 0 Å². The number of ether oxygens (including phenoxy) is 2. The van der Waals surface area contributed by atoms with E-state index in [-0.39, 0.29) is 11.9 Å². The maximum atomic E-state index is 12.8. The highest BCUT2D eigenvalue weighted by Gasteiger charge is 2.25. The van der Waals surface area contributed by atoms with Gasteiger partial charge in [0.25, 0.3) is 5.91 Å². The molecule has 1 unspecified atom stereocenters. The molecule has 24 heavy (non-hydrogen) atoms. The van der Waals surface area contributed by atoms with E-state index < -0.39 is 0 Å². The number of likely N-dealkylation sites (N-methyl/N-ethyl adjacent to an activating group) is 1. The van der Waals surface area contributed by atoms with Crippen LogP contribution >= 0.6 is 11.6 Å². The van der Waals surface area contributed by atoms with Crippen LogP contribution in [-0.2, 0) is 0 Å². The Morgan fingerprint density at radius 1 is 1.38 bits per heavy atom. The summed E-state index contributed by atoms with van der Waals surface area (Å²) in [6, 6.07) is 3.62. The van der Waals surface area contributed by atoms with E-state index in [2.05, 4.69) is 12.2 Å². The third-order valence-corrected chi connectivity index (χ3v) is 4.48. The Morgan fingerprint density at radius 2 is 2.17 bits per heavy atom. The molecule has 1 saturated heterocycles. The van der Waals surface area contributed by atoms with Crippen LogP contribution < -0.4 is 14.8 Å². The van der Waals surface area contributed by atoms with Crippen LogP contribution in [0.15, 0.2) is 12.1 Å². The van der Waals surface area contributed by atoms with Crippen molar-refractivity contribution in [2.24, 2.45) is 0 Å². The Bertz CT molecular complexity index is 559. The molecule has 1 fully saturated rings. The van der Waals surface area contributed by atoms with E-state index in [0.29, 0.717) is 35.3 Å². The number of hydrogen-bond acceptors (Lipinski definition) is 4. The molecule has 1 aliphatic rings. The Labute approximate surface area is 149 Å². The highest BCUT2D eigenvalue weighted by Crippen LogP contribution is 2.37. The van der Waals surface area contributed by atoms with E-state index in [0.717, 1.165) is 32.4 Å². The molecule has 1 heterocycles. The van der Waals surface area contributed by atoms with Gasteiger partial charge in [0.2, 0.25) is 0 Å². The summed E-state index contributed by atoms with van der Waals surface area (Å²) in [5.41, 5.74) is 0.528. The van der Waals surface area contributed by atoms with Gasteiger partial charge in [-0.3, -0.25) is 4.79 Å². The second-order valence-corrected chi connectivity index (χ2v) is 6.39. The zero-order valence-corrected chi connectivity index (χ0v) is 15.5. The van der Waals surface area contributed by atoms with Gasteiger partial charge >= 0.3 is 0 Å². The summed E-state index contributed by atoms with van der Waals surface area (Å²) in [7, 11) is 1.83. The Hall–Kier alpha value is -1.46. The van der Waals surface area contributed by atoms with Gasteiger partial charge in [-0.05, 0) is 38.4 Å². The van der Waals surface area contributed by atoms with Crippen LogP contribution in [0.4, 0.5) is 0 Å². The van der Waals surface area contributed by atoms with Gasteiger partial charge in [0.1, 0.15) is 0 Å². The zero-order chi connectivity index (χ0) is 17.5. The van der Waals surface area contributed by atoms with Crippen molar-refractivity contribution < 1.29 is 14.3 Å². The lowest BCUT2D eigenvalue weighted by Crippen LogP contribution is -2.38. The molecule has 0 bridgehead atoms. The van der Waals surface area contributed by atoms with Crippen LogP contribution in [0.3, 0.4) is 0 Å². The number of amides is 1. The molecule has 1 atom stereocenters. The van der Waals surface area contributed by atoms with Gasteiger partial charge in [0.05, 0.1) is 18.2 Å². The lowest BCUT2D eigenvalue weighted by molar-refractivity contribution is 0.0743. The minimum absolute atomic E-state index is 0.0494. The topological polar surface area (TPSA) is 50.8 Å². The molecule has 5 nitrogen and oxygen atoms in total. The van der Waals surface area contributed by atoms with Gasteiger partial charge < -0.3 is 19.7 Å². The van der Waals surface area contributed by atoms with Crippen molar-refractivity contribution in [2.45, 2.75) is 39.2 Å². The van der Waals surface area contributed by atoms with Crippen LogP contribution in [0.2, 0.25) is 5.02 Å². The molecule has 0 radical (unpaired) electrons. The molecule has 134 valence electrons. The van der Waals surface area contributed by atoms with Gasteiger partial charge in [-0.25, -0.2) is 0 Å². The molecule has 1 N–H and O–H groups in total. The number of carbonyl (C=O) groups is 1. The summed E-state index contributed by atoms with van der Waals surface area (Å²) in [5.74, 6) is 1.00. The normalized spacial score (nSPS) is 16.9. The van der Waals surface area contributed by atoms with E-state index in [1.54, 1.807) is 17.0 Å². The minimum atomic E-state index is -0.0494. The zero-order valence-electron chi connectivity index (χ0n) is 14.7. The lowest BCUT2D eigenvalue weighted by Gasteiger charge is -2.24. The lowest BCUT2D eigenvalue weighted by atomic mass is 10.1. The maximum Gasteiger partial charge on any atom is 0.254 e. The summed E-state index contributed by atoms with van der Waals surface area (Å²) in [5, 5.41) is 3.69. The van der Waals surface area contributed by atoms with Crippen LogP contribution in [0.5, 0.6) is 11.5 Å². The van der Waals surface area contributed by atoms with Crippen molar-refractivity contribution in [3.05, 3.63) is 22.7 Å². The molecule has 2 rings (SSSR count). The predicted octanol–water partition coefficient (Wildman–Crippen LogP) is 3.35. The molecule has 0 spiro atoms. The number of hydrogen-bond donors (Lipinski definition) is 1. The monoisotopic (exact) mass is 354 g/mol. The highest BCUT2D eigenvalue weighted by molar-refractivity contribution is 6.32. The van der Waals surface area contributed by atoms with Gasteiger partial charge in [0, 0.05) is 25.2 Å². The summed E-state index contributed by atoms with van der Waals surface area (Å²) < 4.78 is 11.4. The first kappa shape index (κ1) is 18.9. The Morgan fingerprint density at radius 3 is 2.79 bits per heavy atom. The summed E-state index contributed by atoms with van der Waals surface area (Å²) >= 11 is 6.37. The molecule has 6 heteroatoms. The van der Waals surface area contributed by atoms with Crippen LogP contribution in [0, 0.1) is 0 Å². The van der Waals surface area contributed by atoms with Crippen LogP contribution in [-0.4, -0.2) is 50.2 Å². The molecule has 1 aliphatic heterocycles. The molecule has 1 aromatic carbocycles. The first-order valence-electron chi connectivity index (χ1n) is 8.65.